The lowest BCUT2D eigenvalue weighted by Gasteiger charge is -2.12. The number of rotatable bonds is 5. The number of carbonyl (C=O) groups is 1. The van der Waals surface area contributed by atoms with Crippen LogP contribution in [0.4, 0.5) is 17.1 Å². The molecule has 0 radical (unpaired) electrons. The van der Waals surface area contributed by atoms with E-state index in [1.54, 1.807) is 12.4 Å². The van der Waals surface area contributed by atoms with Crippen LogP contribution in [0.25, 0.3) is 0 Å². The Morgan fingerprint density at radius 2 is 1.81 bits per heavy atom. The van der Waals surface area contributed by atoms with E-state index in [-0.39, 0.29) is 5.91 Å². The molecule has 0 aliphatic carbocycles. The number of para-hydroxylation sites is 1. The number of carbonyl (C=O) groups excluding carboxylic acids is 1. The molecule has 3 aromatic rings. The largest absolute Gasteiger partial charge is 0.354 e. The summed E-state index contributed by atoms with van der Waals surface area (Å²) in [5, 5.41) is 6.32. The van der Waals surface area contributed by atoms with E-state index >= 15 is 0 Å². The average molecular weight is 345 g/mol. The molecule has 0 bridgehead atoms. The van der Waals surface area contributed by atoms with Crippen LogP contribution >= 0.6 is 0 Å². The minimum Gasteiger partial charge on any atom is -0.354 e. The van der Waals surface area contributed by atoms with Gasteiger partial charge < -0.3 is 10.6 Å². The van der Waals surface area contributed by atoms with Gasteiger partial charge in [0.1, 0.15) is 0 Å². The number of benzene rings is 2. The van der Waals surface area contributed by atoms with Gasteiger partial charge in [-0.05, 0) is 49.6 Å². The van der Waals surface area contributed by atoms with Crippen LogP contribution < -0.4 is 10.6 Å². The maximum Gasteiger partial charge on any atom is 0.257 e. The highest BCUT2D eigenvalue weighted by atomic mass is 16.1. The molecule has 1 heterocycles. The van der Waals surface area contributed by atoms with Crippen molar-refractivity contribution < 1.29 is 4.79 Å². The number of aryl methyl sites for hydroxylation is 3. The van der Waals surface area contributed by atoms with E-state index in [9.17, 15) is 4.79 Å². The molecule has 0 fully saturated rings. The van der Waals surface area contributed by atoms with Crippen LogP contribution in [0.3, 0.4) is 0 Å². The molecule has 0 atom stereocenters. The zero-order chi connectivity index (χ0) is 18.5. The van der Waals surface area contributed by atoms with Crippen molar-refractivity contribution in [3.05, 3.63) is 83.2 Å². The molecule has 0 saturated carbocycles. The zero-order valence-electron chi connectivity index (χ0n) is 15.3. The molecule has 0 saturated heterocycles. The second kappa shape index (κ2) is 7.83. The number of hydrogen-bond donors (Lipinski definition) is 2. The number of hydrogen-bond acceptors (Lipinski definition) is 3. The summed E-state index contributed by atoms with van der Waals surface area (Å²) in [4.78, 5) is 16.8. The van der Waals surface area contributed by atoms with Gasteiger partial charge in [-0.3, -0.25) is 9.78 Å². The molecule has 4 heteroatoms. The number of nitrogens with one attached hydrogen (secondary N) is 2. The van der Waals surface area contributed by atoms with Crippen molar-refractivity contribution in [2.45, 2.75) is 27.2 Å². The Balaban J connectivity index is 1.79. The molecule has 132 valence electrons. The molecule has 3 rings (SSSR count). The predicted molar refractivity (Wildman–Crippen MR) is 107 cm³/mol. The average Bonchev–Trinajstić information content (AvgIpc) is 2.64. The topological polar surface area (TPSA) is 54.0 Å². The molecular formula is C22H23N3O. The van der Waals surface area contributed by atoms with Crippen LogP contribution in [0.2, 0.25) is 0 Å². The van der Waals surface area contributed by atoms with Gasteiger partial charge in [-0.2, -0.15) is 0 Å². The van der Waals surface area contributed by atoms with Crippen molar-refractivity contribution in [3.8, 4) is 0 Å². The number of amides is 1. The Labute approximate surface area is 154 Å². The lowest BCUT2D eigenvalue weighted by Crippen LogP contribution is -2.13. The fourth-order valence-corrected chi connectivity index (χ4v) is 2.89. The summed E-state index contributed by atoms with van der Waals surface area (Å²) < 4.78 is 0. The monoisotopic (exact) mass is 345 g/mol. The first kappa shape index (κ1) is 17.7. The molecule has 0 unspecified atom stereocenters. The predicted octanol–water partition coefficient (Wildman–Crippen LogP) is 5.26. The summed E-state index contributed by atoms with van der Waals surface area (Å²) in [5.41, 5.74) is 6.58. The third-order valence-electron chi connectivity index (χ3n) is 4.31. The number of aromatic nitrogens is 1. The van der Waals surface area contributed by atoms with Crippen LogP contribution in [-0.2, 0) is 6.42 Å². The van der Waals surface area contributed by atoms with Crippen molar-refractivity contribution in [1.82, 2.24) is 4.98 Å². The summed E-state index contributed by atoms with van der Waals surface area (Å²) in [7, 11) is 0. The third kappa shape index (κ3) is 4.09. The molecule has 1 aromatic heterocycles. The molecule has 0 aliphatic heterocycles. The van der Waals surface area contributed by atoms with Gasteiger partial charge >= 0.3 is 0 Å². The Bertz CT molecular complexity index is 934. The van der Waals surface area contributed by atoms with E-state index < -0.39 is 0 Å². The summed E-state index contributed by atoms with van der Waals surface area (Å²) in [6.45, 7) is 6.14. The lowest BCUT2D eigenvalue weighted by atomic mass is 10.1. The molecule has 2 aromatic carbocycles. The Morgan fingerprint density at radius 1 is 1.00 bits per heavy atom. The van der Waals surface area contributed by atoms with Gasteiger partial charge in [-0.25, -0.2) is 0 Å². The fourth-order valence-electron chi connectivity index (χ4n) is 2.89. The standard InChI is InChI=1S/C22H23N3O/c1-4-17-7-5-6-8-21(17)24-19-12-18(13-23-14-19)22(26)25-20-10-9-15(2)11-16(20)3/h5-14,24H,4H2,1-3H3,(H,25,26). The smallest absolute Gasteiger partial charge is 0.257 e. The Hall–Kier alpha value is -3.14. The summed E-state index contributed by atoms with van der Waals surface area (Å²) in [5.74, 6) is -0.170. The second-order valence-corrected chi connectivity index (χ2v) is 6.37. The third-order valence-corrected chi connectivity index (χ3v) is 4.31. The lowest BCUT2D eigenvalue weighted by molar-refractivity contribution is 0.102. The van der Waals surface area contributed by atoms with Crippen LogP contribution in [0.5, 0.6) is 0 Å². The van der Waals surface area contributed by atoms with Crippen LogP contribution in [-0.4, -0.2) is 10.9 Å². The van der Waals surface area contributed by atoms with E-state index in [1.165, 1.54) is 11.1 Å². The minimum atomic E-state index is -0.170. The van der Waals surface area contributed by atoms with E-state index in [2.05, 4.69) is 28.6 Å². The highest BCUT2D eigenvalue weighted by Gasteiger charge is 2.10. The Kier molecular flexibility index (Phi) is 5.32. The maximum atomic E-state index is 12.6. The summed E-state index contributed by atoms with van der Waals surface area (Å²) in [6, 6.07) is 15.9. The number of nitrogens with zero attached hydrogens (tertiary/aromatic N) is 1. The van der Waals surface area contributed by atoms with Gasteiger partial charge in [-0.1, -0.05) is 42.8 Å². The molecule has 4 nitrogen and oxygen atoms in total. The van der Waals surface area contributed by atoms with Crippen LogP contribution in [0, 0.1) is 13.8 Å². The molecule has 0 spiro atoms. The Morgan fingerprint density at radius 3 is 2.58 bits per heavy atom. The van der Waals surface area contributed by atoms with E-state index in [0.717, 1.165) is 29.0 Å². The first-order chi connectivity index (χ1) is 12.6. The van der Waals surface area contributed by atoms with Gasteiger partial charge in [0.05, 0.1) is 17.4 Å². The van der Waals surface area contributed by atoms with Crippen molar-refractivity contribution in [2.24, 2.45) is 0 Å². The van der Waals surface area contributed by atoms with Gasteiger partial charge in [0.25, 0.3) is 5.91 Å². The van der Waals surface area contributed by atoms with Crippen LogP contribution in [0.15, 0.2) is 60.9 Å². The first-order valence-corrected chi connectivity index (χ1v) is 8.75. The quantitative estimate of drug-likeness (QED) is 0.663. The minimum absolute atomic E-state index is 0.170. The number of anilines is 3. The van der Waals surface area contributed by atoms with E-state index in [0.29, 0.717) is 5.56 Å². The molecule has 2 N–H and O–H groups in total. The van der Waals surface area contributed by atoms with E-state index in [4.69, 9.17) is 0 Å². The first-order valence-electron chi connectivity index (χ1n) is 8.75. The van der Waals surface area contributed by atoms with Crippen molar-refractivity contribution in [2.75, 3.05) is 10.6 Å². The van der Waals surface area contributed by atoms with Crippen LogP contribution in [0.1, 0.15) is 34.0 Å². The van der Waals surface area contributed by atoms with Crippen molar-refractivity contribution >= 4 is 23.0 Å². The molecule has 1 amide bonds. The highest BCUT2D eigenvalue weighted by Crippen LogP contribution is 2.22. The zero-order valence-corrected chi connectivity index (χ0v) is 15.3. The summed E-state index contributed by atoms with van der Waals surface area (Å²) in [6.07, 6.45) is 4.24. The van der Waals surface area contributed by atoms with E-state index in [1.807, 2.05) is 56.3 Å². The van der Waals surface area contributed by atoms with Crippen molar-refractivity contribution in [3.63, 3.8) is 0 Å². The van der Waals surface area contributed by atoms with Gasteiger partial charge in [0, 0.05) is 17.6 Å². The highest BCUT2D eigenvalue weighted by molar-refractivity contribution is 6.05. The van der Waals surface area contributed by atoms with Gasteiger partial charge in [0.15, 0.2) is 0 Å². The molecule has 0 aliphatic rings. The molecule has 26 heavy (non-hydrogen) atoms. The second-order valence-electron chi connectivity index (χ2n) is 6.37. The fraction of sp³-hybridized carbons (Fsp3) is 0.182. The van der Waals surface area contributed by atoms with Gasteiger partial charge in [-0.15, -0.1) is 0 Å². The number of pyridine rings is 1. The maximum absolute atomic E-state index is 12.6. The normalized spacial score (nSPS) is 10.4. The SMILES string of the molecule is CCc1ccccc1Nc1cncc(C(=O)Nc2ccc(C)cc2C)c1. The molecular weight excluding hydrogens is 322 g/mol. The summed E-state index contributed by atoms with van der Waals surface area (Å²) >= 11 is 0. The van der Waals surface area contributed by atoms with Crippen molar-refractivity contribution in [1.29, 1.82) is 0 Å². The van der Waals surface area contributed by atoms with Gasteiger partial charge in [0.2, 0.25) is 0 Å².